The van der Waals surface area contributed by atoms with E-state index in [1.54, 1.807) is 6.20 Å². The highest BCUT2D eigenvalue weighted by Gasteiger charge is 2.05. The van der Waals surface area contributed by atoms with Gasteiger partial charge in [-0.15, -0.1) is 0 Å². The van der Waals surface area contributed by atoms with Crippen LogP contribution in [0.25, 0.3) is 11.1 Å². The minimum atomic E-state index is 0.472. The number of para-hydroxylation sites is 1. The zero-order chi connectivity index (χ0) is 20.4. The van der Waals surface area contributed by atoms with Crippen molar-refractivity contribution in [2.75, 3.05) is 18.5 Å². The van der Waals surface area contributed by atoms with Crippen LogP contribution in [-0.4, -0.2) is 18.2 Å². The van der Waals surface area contributed by atoms with Crippen LogP contribution in [0.5, 0.6) is 11.5 Å². The Balaban J connectivity index is 1.29. The lowest BCUT2D eigenvalue weighted by Gasteiger charge is -2.13. The molecule has 0 aliphatic rings. The van der Waals surface area contributed by atoms with Crippen LogP contribution in [0.15, 0.2) is 103 Å². The van der Waals surface area contributed by atoms with Crippen LogP contribution in [0.4, 0.5) is 5.82 Å². The third-order valence-corrected chi connectivity index (χ3v) is 4.62. The fraction of sp³-hybridized carbons (Fsp3) is 0.115. The number of pyridine rings is 1. The highest BCUT2D eigenvalue weighted by Crippen LogP contribution is 2.29. The third-order valence-electron chi connectivity index (χ3n) is 4.62. The summed E-state index contributed by atoms with van der Waals surface area (Å²) in [6, 6.07) is 32.2. The zero-order valence-corrected chi connectivity index (χ0v) is 16.7. The quantitative estimate of drug-likeness (QED) is 0.362. The smallest absolute Gasteiger partial charge is 0.127 e. The summed E-state index contributed by atoms with van der Waals surface area (Å²) < 4.78 is 11.9. The molecule has 0 aliphatic carbocycles. The Kier molecular flexibility index (Phi) is 6.59. The van der Waals surface area contributed by atoms with Gasteiger partial charge in [-0.1, -0.05) is 66.7 Å². The van der Waals surface area contributed by atoms with E-state index in [1.165, 1.54) is 0 Å². The van der Waals surface area contributed by atoms with E-state index in [0.717, 1.165) is 34.0 Å². The van der Waals surface area contributed by atoms with E-state index in [0.29, 0.717) is 19.8 Å². The van der Waals surface area contributed by atoms with Crippen LogP contribution in [0, 0.1) is 0 Å². The van der Waals surface area contributed by atoms with Gasteiger partial charge in [0.25, 0.3) is 0 Å². The number of hydrogen-bond acceptors (Lipinski definition) is 4. The van der Waals surface area contributed by atoms with E-state index in [2.05, 4.69) is 34.6 Å². The van der Waals surface area contributed by atoms with Gasteiger partial charge in [-0.3, -0.25) is 0 Å². The standard InChI is InChI=1S/C26H24N2O2/c1-2-10-22(11-3-1)24-13-4-5-14-25(24)30-18-17-29-23-12-8-9-21(19-23)20-28-26-15-6-7-16-27-26/h1-16,19H,17-18,20H2,(H,27,28). The molecular formula is C26H24N2O2. The SMILES string of the molecule is c1ccc(-c2ccccc2OCCOc2cccc(CNc3ccccn3)c2)cc1. The van der Waals surface area contributed by atoms with E-state index < -0.39 is 0 Å². The Morgan fingerprint density at radius 1 is 0.700 bits per heavy atom. The summed E-state index contributed by atoms with van der Waals surface area (Å²) in [4.78, 5) is 4.28. The van der Waals surface area contributed by atoms with Gasteiger partial charge < -0.3 is 14.8 Å². The van der Waals surface area contributed by atoms with Gasteiger partial charge in [-0.05, 0) is 41.5 Å². The Bertz CT molecular complexity index is 1050. The molecule has 1 N–H and O–H groups in total. The summed E-state index contributed by atoms with van der Waals surface area (Å²) in [5.41, 5.74) is 3.36. The fourth-order valence-electron chi connectivity index (χ4n) is 3.17. The van der Waals surface area contributed by atoms with Crippen molar-refractivity contribution < 1.29 is 9.47 Å². The third kappa shape index (κ3) is 5.39. The van der Waals surface area contributed by atoms with E-state index in [9.17, 15) is 0 Å². The molecule has 0 saturated carbocycles. The minimum Gasteiger partial charge on any atom is -0.490 e. The summed E-state index contributed by atoms with van der Waals surface area (Å²) in [6.07, 6.45) is 1.78. The number of benzene rings is 3. The lowest BCUT2D eigenvalue weighted by molar-refractivity contribution is 0.217. The number of aromatic nitrogens is 1. The molecule has 0 unspecified atom stereocenters. The molecule has 4 heteroatoms. The molecule has 3 aromatic carbocycles. The molecular weight excluding hydrogens is 372 g/mol. The molecule has 4 nitrogen and oxygen atoms in total. The second-order valence-corrected chi connectivity index (χ2v) is 6.78. The van der Waals surface area contributed by atoms with Gasteiger partial charge in [-0.2, -0.15) is 0 Å². The molecule has 0 radical (unpaired) electrons. The molecule has 0 saturated heterocycles. The van der Waals surface area contributed by atoms with Crippen molar-refractivity contribution in [3.05, 3.63) is 109 Å². The highest BCUT2D eigenvalue weighted by atomic mass is 16.5. The average molecular weight is 396 g/mol. The normalized spacial score (nSPS) is 10.4. The van der Waals surface area contributed by atoms with Gasteiger partial charge >= 0.3 is 0 Å². The second kappa shape index (κ2) is 10.1. The van der Waals surface area contributed by atoms with Crippen LogP contribution < -0.4 is 14.8 Å². The van der Waals surface area contributed by atoms with Crippen LogP contribution in [-0.2, 0) is 6.54 Å². The summed E-state index contributed by atoms with van der Waals surface area (Å²) in [5, 5.41) is 3.31. The topological polar surface area (TPSA) is 43.4 Å². The van der Waals surface area contributed by atoms with E-state index in [-0.39, 0.29) is 0 Å². The average Bonchev–Trinajstić information content (AvgIpc) is 2.82. The number of hydrogen-bond donors (Lipinski definition) is 1. The maximum absolute atomic E-state index is 6.00. The summed E-state index contributed by atoms with van der Waals surface area (Å²) in [7, 11) is 0. The molecule has 0 fully saturated rings. The molecule has 1 aromatic heterocycles. The van der Waals surface area contributed by atoms with E-state index in [4.69, 9.17) is 9.47 Å². The molecule has 1 heterocycles. The van der Waals surface area contributed by atoms with Gasteiger partial charge in [0, 0.05) is 18.3 Å². The van der Waals surface area contributed by atoms with Gasteiger partial charge in [0.2, 0.25) is 0 Å². The van der Waals surface area contributed by atoms with Gasteiger partial charge in [-0.25, -0.2) is 4.98 Å². The molecule has 4 rings (SSSR count). The largest absolute Gasteiger partial charge is 0.490 e. The number of rotatable bonds is 9. The van der Waals surface area contributed by atoms with Crippen molar-refractivity contribution in [1.82, 2.24) is 4.98 Å². The Morgan fingerprint density at radius 2 is 1.50 bits per heavy atom. The number of nitrogens with zero attached hydrogens (tertiary/aromatic N) is 1. The second-order valence-electron chi connectivity index (χ2n) is 6.78. The molecule has 0 aliphatic heterocycles. The molecule has 30 heavy (non-hydrogen) atoms. The van der Waals surface area contributed by atoms with E-state index >= 15 is 0 Å². The predicted molar refractivity (Wildman–Crippen MR) is 121 cm³/mol. The first-order valence-corrected chi connectivity index (χ1v) is 10.0. The fourth-order valence-corrected chi connectivity index (χ4v) is 3.17. The van der Waals surface area contributed by atoms with Crippen LogP contribution >= 0.6 is 0 Å². The molecule has 0 amide bonds. The number of nitrogens with one attached hydrogen (secondary N) is 1. The molecule has 0 atom stereocenters. The predicted octanol–water partition coefficient (Wildman–Crippen LogP) is 5.82. The maximum atomic E-state index is 6.00. The molecule has 4 aromatic rings. The Labute approximate surface area is 177 Å². The van der Waals surface area contributed by atoms with Crippen LogP contribution in [0.3, 0.4) is 0 Å². The maximum Gasteiger partial charge on any atom is 0.127 e. The van der Waals surface area contributed by atoms with Crippen molar-refractivity contribution in [3.63, 3.8) is 0 Å². The number of anilines is 1. The van der Waals surface area contributed by atoms with Crippen molar-refractivity contribution in [3.8, 4) is 22.6 Å². The highest BCUT2D eigenvalue weighted by molar-refractivity contribution is 5.70. The zero-order valence-electron chi connectivity index (χ0n) is 16.7. The van der Waals surface area contributed by atoms with Crippen molar-refractivity contribution in [1.29, 1.82) is 0 Å². The summed E-state index contributed by atoms with van der Waals surface area (Å²) >= 11 is 0. The van der Waals surface area contributed by atoms with Crippen LogP contribution in [0.2, 0.25) is 0 Å². The Morgan fingerprint density at radius 3 is 2.37 bits per heavy atom. The first kappa shape index (κ1) is 19.5. The van der Waals surface area contributed by atoms with Gasteiger partial charge in [0.15, 0.2) is 0 Å². The lowest BCUT2D eigenvalue weighted by Crippen LogP contribution is -2.10. The monoisotopic (exact) mass is 396 g/mol. The van der Waals surface area contributed by atoms with E-state index in [1.807, 2.05) is 72.8 Å². The summed E-state index contributed by atoms with van der Waals surface area (Å²) in [6.45, 7) is 1.63. The Hall–Kier alpha value is -3.79. The first-order chi connectivity index (χ1) is 14.9. The van der Waals surface area contributed by atoms with Crippen molar-refractivity contribution in [2.24, 2.45) is 0 Å². The molecule has 0 spiro atoms. The minimum absolute atomic E-state index is 0.472. The van der Waals surface area contributed by atoms with Crippen molar-refractivity contribution in [2.45, 2.75) is 6.54 Å². The first-order valence-electron chi connectivity index (χ1n) is 10.0. The van der Waals surface area contributed by atoms with Crippen molar-refractivity contribution >= 4 is 5.82 Å². The number of ether oxygens (including phenoxy) is 2. The van der Waals surface area contributed by atoms with Gasteiger partial charge in [0.05, 0.1) is 0 Å². The summed E-state index contributed by atoms with van der Waals surface area (Å²) in [5.74, 6) is 2.55. The molecule has 150 valence electrons. The van der Waals surface area contributed by atoms with Crippen LogP contribution in [0.1, 0.15) is 5.56 Å². The van der Waals surface area contributed by atoms with Gasteiger partial charge in [0.1, 0.15) is 30.5 Å². The lowest BCUT2D eigenvalue weighted by atomic mass is 10.1. The molecule has 0 bridgehead atoms.